The van der Waals surface area contributed by atoms with Crippen molar-refractivity contribution in [3.63, 3.8) is 0 Å². The van der Waals surface area contributed by atoms with Crippen molar-refractivity contribution >= 4 is 16.7 Å². The molecule has 0 saturated heterocycles. The minimum absolute atomic E-state index is 0.161. The summed E-state index contributed by atoms with van der Waals surface area (Å²) in [6.45, 7) is 1.89. The minimum atomic E-state index is 0.161. The Morgan fingerprint density at radius 2 is 2.18 bits per heavy atom. The molecule has 22 heavy (non-hydrogen) atoms. The second kappa shape index (κ2) is 4.80. The number of aromatic hydroxyl groups is 1. The van der Waals surface area contributed by atoms with E-state index in [9.17, 15) is 5.11 Å². The van der Waals surface area contributed by atoms with Gasteiger partial charge in [0.15, 0.2) is 0 Å². The molecular weight excluding hydrogens is 281 g/mol. The molecule has 0 aliphatic carbocycles. The molecule has 3 aromatic rings. The van der Waals surface area contributed by atoms with Gasteiger partial charge in [0.1, 0.15) is 16.8 Å². The number of hydrogen-bond acceptors (Lipinski definition) is 3. The van der Waals surface area contributed by atoms with Gasteiger partial charge in [-0.1, -0.05) is 12.1 Å². The van der Waals surface area contributed by atoms with Gasteiger partial charge in [0.05, 0.1) is 11.9 Å². The van der Waals surface area contributed by atoms with Crippen LogP contribution in [0.4, 0.5) is 0 Å². The van der Waals surface area contributed by atoms with E-state index in [-0.39, 0.29) is 5.75 Å². The van der Waals surface area contributed by atoms with Gasteiger partial charge < -0.3 is 5.11 Å². The number of hydrogen-bond donors (Lipinski definition) is 1. The van der Waals surface area contributed by atoms with Gasteiger partial charge in [0.25, 0.3) is 6.33 Å². The first-order valence-electron chi connectivity index (χ1n) is 6.87. The molecule has 0 saturated carbocycles. The van der Waals surface area contributed by atoms with E-state index in [0.717, 1.165) is 22.3 Å². The number of phenolic OH excluding ortho intramolecular Hbond substituents is 1. The monoisotopic (exact) mass is 294 g/mol. The first-order valence-corrected chi connectivity index (χ1v) is 6.87. The lowest BCUT2D eigenvalue weighted by Crippen LogP contribution is -1.98. The predicted octanol–water partition coefficient (Wildman–Crippen LogP) is 3.39. The van der Waals surface area contributed by atoms with Crippen LogP contribution < -0.4 is 0 Å². The van der Waals surface area contributed by atoms with E-state index in [2.05, 4.69) is 10.1 Å². The minimum Gasteiger partial charge on any atom is -0.506 e. The summed E-state index contributed by atoms with van der Waals surface area (Å²) in [6, 6.07) is 7.27. The Morgan fingerprint density at radius 3 is 3.00 bits per heavy atom. The quantitative estimate of drug-likeness (QED) is 0.788. The van der Waals surface area contributed by atoms with Gasteiger partial charge >= 0.3 is 5.83 Å². The van der Waals surface area contributed by atoms with Crippen molar-refractivity contribution in [1.82, 2.24) is 14.8 Å². The van der Waals surface area contributed by atoms with Crippen LogP contribution in [0.1, 0.15) is 11.3 Å². The van der Waals surface area contributed by atoms with Crippen LogP contribution in [-0.2, 0) is 0 Å². The van der Waals surface area contributed by atoms with Crippen molar-refractivity contribution in [3.8, 4) is 11.4 Å². The van der Waals surface area contributed by atoms with E-state index in [0.29, 0.717) is 11.3 Å². The SMILES string of the molecule is Cc1cc(-n2cc(C3=CC=C[F+]3)cn2)c2cccc(O)c2n1. The number of phenols is 1. The molecule has 0 unspecified atom stereocenters. The van der Waals surface area contributed by atoms with E-state index in [1.54, 1.807) is 29.1 Å². The third-order valence-corrected chi connectivity index (χ3v) is 3.53. The third kappa shape index (κ3) is 1.98. The highest BCUT2D eigenvalue weighted by Gasteiger charge is 2.20. The third-order valence-electron chi connectivity index (χ3n) is 3.53. The molecular formula is C17H13FN3O+. The fourth-order valence-corrected chi connectivity index (χ4v) is 2.53. The largest absolute Gasteiger partial charge is 0.506 e. The zero-order chi connectivity index (χ0) is 15.1. The van der Waals surface area contributed by atoms with Crippen LogP contribution in [0.15, 0.2) is 55.1 Å². The lowest BCUT2D eigenvalue weighted by atomic mass is 10.1. The second-order valence-corrected chi connectivity index (χ2v) is 5.07. The molecule has 108 valence electrons. The van der Waals surface area contributed by atoms with Crippen LogP contribution in [0.2, 0.25) is 0 Å². The van der Waals surface area contributed by atoms with Crippen molar-refractivity contribution < 1.29 is 9.18 Å². The Balaban J connectivity index is 1.89. The number of allylic oxidation sites excluding steroid dienone is 2. The molecule has 0 bridgehead atoms. The van der Waals surface area contributed by atoms with Gasteiger partial charge in [-0.3, -0.25) is 0 Å². The molecule has 0 amide bonds. The van der Waals surface area contributed by atoms with Gasteiger partial charge in [-0.2, -0.15) is 5.10 Å². The summed E-state index contributed by atoms with van der Waals surface area (Å²) in [5.41, 5.74) is 3.08. The first-order chi connectivity index (χ1) is 10.7. The summed E-state index contributed by atoms with van der Waals surface area (Å²) in [4.78, 5) is 4.40. The van der Waals surface area contributed by atoms with E-state index < -0.39 is 0 Å². The highest BCUT2D eigenvalue weighted by molar-refractivity contribution is 5.91. The van der Waals surface area contributed by atoms with E-state index in [1.165, 1.54) is 6.33 Å². The normalized spacial score (nSPS) is 13.8. The standard InChI is InChI=1S/C17H12FN3O/c1-11-8-15(13-4-2-6-16(22)17(13)20-11)21-10-12(9-19-21)14-5-3-7-18-14/h2-10H,1H3/p+1. The lowest BCUT2D eigenvalue weighted by Gasteiger charge is -2.08. The maximum absolute atomic E-state index is 10.0. The van der Waals surface area contributed by atoms with Crippen molar-refractivity contribution in [2.45, 2.75) is 6.92 Å². The fourth-order valence-electron chi connectivity index (χ4n) is 2.53. The first kappa shape index (κ1) is 12.8. The molecule has 2 aromatic heterocycles. The number of aromatic nitrogens is 3. The highest BCUT2D eigenvalue weighted by Crippen LogP contribution is 2.29. The maximum atomic E-state index is 10.0. The molecule has 5 heteroatoms. The summed E-state index contributed by atoms with van der Waals surface area (Å²) >= 11 is 0. The topological polar surface area (TPSA) is 50.9 Å². The Hall–Kier alpha value is -2.95. The molecule has 0 fully saturated rings. The van der Waals surface area contributed by atoms with Crippen molar-refractivity contribution in [1.29, 1.82) is 0 Å². The smallest absolute Gasteiger partial charge is 0.329 e. The molecule has 1 aliphatic rings. The van der Waals surface area contributed by atoms with Gasteiger partial charge in [-0.15, -0.1) is 4.08 Å². The number of halogens is 1. The average molecular weight is 294 g/mol. The van der Waals surface area contributed by atoms with Crippen LogP contribution in [0.5, 0.6) is 5.75 Å². The summed E-state index contributed by atoms with van der Waals surface area (Å²) in [5, 5.41) is 15.2. The zero-order valence-corrected chi connectivity index (χ0v) is 11.9. The van der Waals surface area contributed by atoms with Gasteiger partial charge in [0.2, 0.25) is 0 Å². The van der Waals surface area contributed by atoms with Crippen LogP contribution in [-0.4, -0.2) is 19.9 Å². The Labute approximate surface area is 126 Å². The Bertz CT molecular complexity index is 940. The summed E-state index contributed by atoms with van der Waals surface area (Å²) in [5.74, 6) is 0.804. The summed E-state index contributed by atoms with van der Waals surface area (Å²) < 4.78 is 8.26. The van der Waals surface area contributed by atoms with Crippen LogP contribution in [0, 0.1) is 11.0 Å². The molecule has 0 spiro atoms. The van der Waals surface area contributed by atoms with E-state index >= 15 is 0 Å². The number of nitrogens with zero attached hydrogens (tertiary/aromatic N) is 3. The summed E-state index contributed by atoms with van der Waals surface area (Å²) in [7, 11) is 0. The Kier molecular flexibility index (Phi) is 2.79. The van der Waals surface area contributed by atoms with Crippen LogP contribution >= 0.6 is 0 Å². The number of benzene rings is 1. The molecule has 0 atom stereocenters. The molecule has 4 rings (SSSR count). The fraction of sp³-hybridized carbons (Fsp3) is 0.0588. The van der Waals surface area contributed by atoms with Gasteiger partial charge in [-0.05, 0) is 19.1 Å². The van der Waals surface area contributed by atoms with Crippen molar-refractivity contribution in [2.75, 3.05) is 0 Å². The lowest BCUT2D eigenvalue weighted by molar-refractivity contribution is -0.483. The number of aryl methyl sites for hydroxylation is 1. The van der Waals surface area contributed by atoms with Gasteiger partial charge in [0, 0.05) is 29.4 Å². The second-order valence-electron chi connectivity index (χ2n) is 5.07. The number of fused-ring (bicyclic) bond motifs is 1. The van der Waals surface area contributed by atoms with E-state index in [1.807, 2.05) is 31.3 Å². The van der Waals surface area contributed by atoms with Crippen LogP contribution in [0.3, 0.4) is 0 Å². The predicted molar refractivity (Wildman–Crippen MR) is 82.4 cm³/mol. The highest BCUT2D eigenvalue weighted by atomic mass is 19.3. The molecule has 4 nitrogen and oxygen atoms in total. The van der Waals surface area contributed by atoms with Crippen molar-refractivity contribution in [2.24, 2.45) is 0 Å². The maximum Gasteiger partial charge on any atom is 0.329 e. The van der Waals surface area contributed by atoms with Crippen molar-refractivity contribution in [3.05, 3.63) is 66.4 Å². The molecule has 3 heterocycles. The number of para-hydroxylation sites is 1. The Morgan fingerprint density at radius 1 is 1.27 bits per heavy atom. The number of rotatable bonds is 2. The van der Waals surface area contributed by atoms with E-state index in [4.69, 9.17) is 4.08 Å². The zero-order valence-electron chi connectivity index (χ0n) is 11.9. The number of pyridine rings is 1. The molecule has 1 aromatic carbocycles. The van der Waals surface area contributed by atoms with Gasteiger partial charge in [-0.25, -0.2) is 9.67 Å². The summed E-state index contributed by atoms with van der Waals surface area (Å²) in [6.07, 6.45) is 8.73. The average Bonchev–Trinajstić information content (AvgIpc) is 3.18. The molecule has 1 aliphatic heterocycles. The molecule has 1 N–H and O–H groups in total. The molecule has 0 radical (unpaired) electrons. The van der Waals surface area contributed by atoms with Crippen LogP contribution in [0.25, 0.3) is 22.4 Å².